The maximum atomic E-state index is 12.2. The number of hydrogen-bond acceptors (Lipinski definition) is 4. The Labute approximate surface area is 123 Å². The van der Waals surface area contributed by atoms with Crippen LogP contribution in [0.3, 0.4) is 0 Å². The molecule has 4 heteroatoms. The molecule has 110 valence electrons. The van der Waals surface area contributed by atoms with Gasteiger partial charge in [0.2, 0.25) is 0 Å². The van der Waals surface area contributed by atoms with Crippen LogP contribution >= 0.6 is 0 Å². The zero-order valence-corrected chi connectivity index (χ0v) is 12.1. The normalized spacial score (nSPS) is 11.8. The molecular formula is C17H18O4. The molecule has 1 atom stereocenters. The van der Waals surface area contributed by atoms with E-state index < -0.39 is 6.10 Å². The number of ether oxygens (including phenoxy) is 2. The van der Waals surface area contributed by atoms with Crippen molar-refractivity contribution in [2.24, 2.45) is 0 Å². The molecule has 21 heavy (non-hydrogen) atoms. The Bertz CT molecular complexity index is 607. The summed E-state index contributed by atoms with van der Waals surface area (Å²) < 4.78 is 10.3. The van der Waals surface area contributed by atoms with Crippen LogP contribution in [0.15, 0.2) is 48.5 Å². The van der Waals surface area contributed by atoms with Gasteiger partial charge in [0, 0.05) is 12.0 Å². The van der Waals surface area contributed by atoms with Crippen molar-refractivity contribution in [3.63, 3.8) is 0 Å². The zero-order valence-electron chi connectivity index (χ0n) is 12.1. The van der Waals surface area contributed by atoms with Gasteiger partial charge in [-0.15, -0.1) is 0 Å². The number of methoxy groups -OCH3 is 2. The number of hydrogen-bond donors (Lipinski definition) is 1. The molecule has 0 aliphatic rings. The molecule has 0 spiro atoms. The third-order valence-electron chi connectivity index (χ3n) is 3.26. The van der Waals surface area contributed by atoms with E-state index in [9.17, 15) is 9.90 Å². The smallest absolute Gasteiger partial charge is 0.170 e. The van der Waals surface area contributed by atoms with Gasteiger partial charge < -0.3 is 14.6 Å². The van der Waals surface area contributed by atoms with Gasteiger partial charge in [0.1, 0.15) is 17.6 Å². The SMILES string of the molecule is COc1ccc(OC)c(C(O)C(=O)Cc2ccccc2)c1. The van der Waals surface area contributed by atoms with Crippen molar-refractivity contribution >= 4 is 5.78 Å². The van der Waals surface area contributed by atoms with Gasteiger partial charge in [-0.25, -0.2) is 0 Å². The molecule has 0 fully saturated rings. The van der Waals surface area contributed by atoms with Crippen molar-refractivity contribution < 1.29 is 19.4 Å². The van der Waals surface area contributed by atoms with Crippen LogP contribution in [0.5, 0.6) is 11.5 Å². The predicted molar refractivity (Wildman–Crippen MR) is 79.7 cm³/mol. The summed E-state index contributed by atoms with van der Waals surface area (Å²) in [6, 6.07) is 14.3. The van der Waals surface area contributed by atoms with Gasteiger partial charge in [-0.2, -0.15) is 0 Å². The Hall–Kier alpha value is -2.33. The van der Waals surface area contributed by atoms with E-state index in [-0.39, 0.29) is 12.2 Å². The average Bonchev–Trinajstić information content (AvgIpc) is 2.54. The van der Waals surface area contributed by atoms with Gasteiger partial charge in [-0.1, -0.05) is 30.3 Å². The van der Waals surface area contributed by atoms with Crippen LogP contribution in [0, 0.1) is 0 Å². The number of carbonyl (C=O) groups is 1. The number of benzene rings is 2. The first-order valence-corrected chi connectivity index (χ1v) is 6.62. The van der Waals surface area contributed by atoms with Gasteiger partial charge in [0.05, 0.1) is 14.2 Å². The van der Waals surface area contributed by atoms with Crippen LogP contribution in [0.25, 0.3) is 0 Å². The largest absolute Gasteiger partial charge is 0.497 e. The molecule has 0 saturated heterocycles. The number of carbonyl (C=O) groups excluding carboxylic acids is 1. The third-order valence-corrected chi connectivity index (χ3v) is 3.26. The predicted octanol–water partition coefficient (Wildman–Crippen LogP) is 2.55. The number of aliphatic hydroxyl groups is 1. The summed E-state index contributed by atoms with van der Waals surface area (Å²) in [6.45, 7) is 0. The maximum absolute atomic E-state index is 12.2. The van der Waals surface area contributed by atoms with Crippen molar-refractivity contribution in [2.75, 3.05) is 14.2 Å². The quantitative estimate of drug-likeness (QED) is 0.886. The highest BCUT2D eigenvalue weighted by molar-refractivity contribution is 5.86. The molecule has 1 unspecified atom stereocenters. The molecule has 0 amide bonds. The summed E-state index contributed by atoms with van der Waals surface area (Å²) in [5.74, 6) is 0.745. The Morgan fingerprint density at radius 1 is 1.10 bits per heavy atom. The Balaban J connectivity index is 2.22. The molecule has 2 aromatic carbocycles. The fourth-order valence-corrected chi connectivity index (χ4v) is 2.12. The van der Waals surface area contributed by atoms with Gasteiger partial charge in [0.25, 0.3) is 0 Å². The molecule has 0 heterocycles. The second kappa shape index (κ2) is 6.90. The van der Waals surface area contributed by atoms with E-state index in [1.807, 2.05) is 30.3 Å². The topological polar surface area (TPSA) is 55.8 Å². The number of rotatable bonds is 6. The fourth-order valence-electron chi connectivity index (χ4n) is 2.12. The highest BCUT2D eigenvalue weighted by Crippen LogP contribution is 2.30. The first-order chi connectivity index (χ1) is 10.2. The Morgan fingerprint density at radius 2 is 1.81 bits per heavy atom. The number of aliphatic hydroxyl groups excluding tert-OH is 1. The number of ketones is 1. The van der Waals surface area contributed by atoms with Crippen molar-refractivity contribution in [1.29, 1.82) is 0 Å². The van der Waals surface area contributed by atoms with E-state index in [1.54, 1.807) is 18.2 Å². The van der Waals surface area contributed by atoms with Crippen LogP contribution in [0.4, 0.5) is 0 Å². The van der Waals surface area contributed by atoms with E-state index in [1.165, 1.54) is 14.2 Å². The molecule has 0 bridgehead atoms. The molecule has 0 saturated carbocycles. The lowest BCUT2D eigenvalue weighted by atomic mass is 9.99. The van der Waals surface area contributed by atoms with Gasteiger partial charge in [-0.05, 0) is 23.8 Å². The minimum atomic E-state index is -1.24. The standard InChI is InChI=1S/C17H18O4/c1-20-13-8-9-16(21-2)14(11-13)17(19)15(18)10-12-6-4-3-5-7-12/h3-9,11,17,19H,10H2,1-2H3. The van der Waals surface area contributed by atoms with Crippen molar-refractivity contribution in [2.45, 2.75) is 12.5 Å². The molecule has 4 nitrogen and oxygen atoms in total. The summed E-state index contributed by atoms with van der Waals surface area (Å²) in [4.78, 5) is 12.2. The van der Waals surface area contributed by atoms with Crippen LogP contribution in [-0.4, -0.2) is 25.1 Å². The van der Waals surface area contributed by atoms with E-state index >= 15 is 0 Å². The molecular weight excluding hydrogens is 268 g/mol. The summed E-state index contributed by atoms with van der Waals surface area (Å²) in [7, 11) is 3.03. The van der Waals surface area contributed by atoms with Gasteiger partial charge >= 0.3 is 0 Å². The first kappa shape index (κ1) is 15.1. The monoisotopic (exact) mass is 286 g/mol. The van der Waals surface area contributed by atoms with Gasteiger partial charge in [-0.3, -0.25) is 4.79 Å². The maximum Gasteiger partial charge on any atom is 0.170 e. The van der Waals surface area contributed by atoms with E-state index in [0.29, 0.717) is 17.1 Å². The molecule has 0 aromatic heterocycles. The lowest BCUT2D eigenvalue weighted by Gasteiger charge is -2.15. The first-order valence-electron chi connectivity index (χ1n) is 6.62. The highest BCUT2D eigenvalue weighted by Gasteiger charge is 2.22. The molecule has 0 aliphatic carbocycles. The Kier molecular flexibility index (Phi) is 4.95. The van der Waals surface area contributed by atoms with Crippen molar-refractivity contribution in [3.05, 3.63) is 59.7 Å². The van der Waals surface area contributed by atoms with Crippen LogP contribution < -0.4 is 9.47 Å². The van der Waals surface area contributed by atoms with E-state index in [2.05, 4.69) is 0 Å². The summed E-state index contributed by atoms with van der Waals surface area (Å²) in [5, 5.41) is 10.3. The minimum absolute atomic E-state index is 0.169. The summed E-state index contributed by atoms with van der Waals surface area (Å²) in [5.41, 5.74) is 1.28. The molecule has 0 aliphatic heterocycles. The van der Waals surface area contributed by atoms with Gasteiger partial charge in [0.15, 0.2) is 5.78 Å². The zero-order chi connectivity index (χ0) is 15.2. The van der Waals surface area contributed by atoms with Crippen LogP contribution in [0.2, 0.25) is 0 Å². The summed E-state index contributed by atoms with van der Waals surface area (Å²) >= 11 is 0. The third kappa shape index (κ3) is 3.61. The van der Waals surface area contributed by atoms with Crippen LogP contribution in [0.1, 0.15) is 17.2 Å². The molecule has 0 radical (unpaired) electrons. The van der Waals surface area contributed by atoms with E-state index in [4.69, 9.17) is 9.47 Å². The van der Waals surface area contributed by atoms with Crippen molar-refractivity contribution in [3.8, 4) is 11.5 Å². The Morgan fingerprint density at radius 3 is 2.43 bits per heavy atom. The lowest BCUT2D eigenvalue weighted by molar-refractivity contribution is -0.126. The number of Topliss-reactive ketones (excluding diaryl/α,β-unsaturated/α-hetero) is 1. The second-order valence-electron chi connectivity index (χ2n) is 4.64. The summed E-state index contributed by atoms with van der Waals surface area (Å²) in [6.07, 6.45) is -1.07. The molecule has 2 rings (SSSR count). The van der Waals surface area contributed by atoms with E-state index in [0.717, 1.165) is 5.56 Å². The lowest BCUT2D eigenvalue weighted by Crippen LogP contribution is -2.15. The fraction of sp³-hybridized carbons (Fsp3) is 0.235. The second-order valence-corrected chi connectivity index (χ2v) is 4.64. The molecule has 2 aromatic rings. The average molecular weight is 286 g/mol. The minimum Gasteiger partial charge on any atom is -0.497 e. The highest BCUT2D eigenvalue weighted by atomic mass is 16.5. The molecule has 1 N–H and O–H groups in total. The van der Waals surface area contributed by atoms with Crippen molar-refractivity contribution in [1.82, 2.24) is 0 Å². The van der Waals surface area contributed by atoms with Crippen LogP contribution in [-0.2, 0) is 11.2 Å².